The van der Waals surface area contributed by atoms with Gasteiger partial charge in [0.1, 0.15) is 0 Å². The molecule has 0 aliphatic heterocycles. The van der Waals surface area contributed by atoms with Crippen LogP contribution in [0.5, 0.6) is 0 Å². The Labute approximate surface area is 88.2 Å². The molecule has 0 heterocycles. The van der Waals surface area contributed by atoms with E-state index < -0.39 is 0 Å². The van der Waals surface area contributed by atoms with E-state index in [1.807, 2.05) is 0 Å². The Morgan fingerprint density at radius 2 is 1.77 bits per heavy atom. The standard InChI is InChI=1S/C11H24ClN/c1-9(2)6-5-7-13-8-11(12)10(3)4/h9-11,13H,5-8H2,1-4H3. The fraction of sp³-hybridized carbons (Fsp3) is 1.00. The number of nitrogens with one attached hydrogen (secondary N) is 1. The number of hydrogen-bond donors (Lipinski definition) is 1. The lowest BCUT2D eigenvalue weighted by atomic mass is 10.1. The summed E-state index contributed by atoms with van der Waals surface area (Å²) >= 11 is 6.09. The van der Waals surface area contributed by atoms with E-state index >= 15 is 0 Å². The topological polar surface area (TPSA) is 12.0 Å². The summed E-state index contributed by atoms with van der Waals surface area (Å²) in [7, 11) is 0. The van der Waals surface area contributed by atoms with Crippen LogP contribution in [0.1, 0.15) is 40.5 Å². The van der Waals surface area contributed by atoms with Gasteiger partial charge in [0.2, 0.25) is 0 Å². The molecule has 0 aliphatic rings. The number of hydrogen-bond acceptors (Lipinski definition) is 1. The SMILES string of the molecule is CC(C)CCCNCC(Cl)C(C)C. The van der Waals surface area contributed by atoms with Gasteiger partial charge in [-0.1, -0.05) is 27.7 Å². The zero-order valence-electron chi connectivity index (χ0n) is 9.44. The van der Waals surface area contributed by atoms with Crippen molar-refractivity contribution in [2.45, 2.75) is 45.9 Å². The molecule has 0 bridgehead atoms. The lowest BCUT2D eigenvalue weighted by Crippen LogP contribution is -2.27. The lowest BCUT2D eigenvalue weighted by Gasteiger charge is -2.14. The number of halogens is 1. The Morgan fingerprint density at radius 1 is 1.15 bits per heavy atom. The molecule has 0 aromatic rings. The fourth-order valence-corrected chi connectivity index (χ4v) is 1.22. The van der Waals surface area contributed by atoms with E-state index in [4.69, 9.17) is 11.6 Å². The molecular formula is C11H24ClN. The van der Waals surface area contributed by atoms with Crippen molar-refractivity contribution in [3.8, 4) is 0 Å². The predicted octanol–water partition coefficient (Wildman–Crippen LogP) is 3.28. The Hall–Kier alpha value is 0.250. The van der Waals surface area contributed by atoms with Crippen molar-refractivity contribution in [1.29, 1.82) is 0 Å². The largest absolute Gasteiger partial charge is 0.315 e. The minimum atomic E-state index is 0.277. The fourth-order valence-electron chi connectivity index (χ4n) is 1.11. The molecule has 80 valence electrons. The van der Waals surface area contributed by atoms with Gasteiger partial charge < -0.3 is 5.32 Å². The lowest BCUT2D eigenvalue weighted by molar-refractivity contribution is 0.502. The van der Waals surface area contributed by atoms with Gasteiger partial charge in [0.15, 0.2) is 0 Å². The van der Waals surface area contributed by atoms with E-state index in [1.165, 1.54) is 12.8 Å². The Balaban J connectivity index is 3.16. The minimum absolute atomic E-state index is 0.277. The highest BCUT2D eigenvalue weighted by Crippen LogP contribution is 2.07. The van der Waals surface area contributed by atoms with Crippen LogP contribution in [0.4, 0.5) is 0 Å². The van der Waals surface area contributed by atoms with Gasteiger partial charge in [0.25, 0.3) is 0 Å². The van der Waals surface area contributed by atoms with E-state index in [9.17, 15) is 0 Å². The molecule has 0 amide bonds. The maximum absolute atomic E-state index is 6.09. The molecule has 13 heavy (non-hydrogen) atoms. The van der Waals surface area contributed by atoms with Gasteiger partial charge in [-0.3, -0.25) is 0 Å². The second kappa shape index (κ2) is 7.64. The molecule has 0 aromatic heterocycles. The second-order valence-corrected chi connectivity index (χ2v) is 5.06. The zero-order valence-corrected chi connectivity index (χ0v) is 10.2. The summed E-state index contributed by atoms with van der Waals surface area (Å²) in [6.45, 7) is 10.9. The quantitative estimate of drug-likeness (QED) is 0.497. The van der Waals surface area contributed by atoms with Gasteiger partial charge in [-0.15, -0.1) is 11.6 Å². The summed E-state index contributed by atoms with van der Waals surface area (Å²) in [5.41, 5.74) is 0. The van der Waals surface area contributed by atoms with Crippen LogP contribution in [0, 0.1) is 11.8 Å². The molecule has 0 saturated carbocycles. The Morgan fingerprint density at radius 3 is 2.23 bits per heavy atom. The van der Waals surface area contributed by atoms with E-state index in [0.717, 1.165) is 19.0 Å². The normalized spacial score (nSPS) is 14.1. The summed E-state index contributed by atoms with van der Waals surface area (Å²) in [4.78, 5) is 0. The van der Waals surface area contributed by atoms with Gasteiger partial charge in [-0.2, -0.15) is 0 Å². The van der Waals surface area contributed by atoms with Gasteiger partial charge >= 0.3 is 0 Å². The molecule has 1 N–H and O–H groups in total. The zero-order chi connectivity index (χ0) is 10.3. The molecule has 1 atom stereocenters. The van der Waals surface area contributed by atoms with Crippen molar-refractivity contribution in [1.82, 2.24) is 5.32 Å². The van der Waals surface area contributed by atoms with Crippen molar-refractivity contribution in [2.24, 2.45) is 11.8 Å². The average molecular weight is 206 g/mol. The third-order valence-electron chi connectivity index (χ3n) is 2.20. The van der Waals surface area contributed by atoms with Crippen molar-refractivity contribution in [3.63, 3.8) is 0 Å². The third-order valence-corrected chi connectivity index (χ3v) is 2.86. The second-order valence-electron chi connectivity index (χ2n) is 4.50. The van der Waals surface area contributed by atoms with Gasteiger partial charge in [0, 0.05) is 11.9 Å². The van der Waals surface area contributed by atoms with Gasteiger partial charge in [-0.05, 0) is 31.2 Å². The molecule has 0 aliphatic carbocycles. The van der Waals surface area contributed by atoms with Crippen LogP contribution < -0.4 is 5.32 Å². The minimum Gasteiger partial charge on any atom is -0.315 e. The highest BCUT2D eigenvalue weighted by atomic mass is 35.5. The third kappa shape index (κ3) is 8.58. The number of rotatable bonds is 7. The predicted molar refractivity (Wildman–Crippen MR) is 61.4 cm³/mol. The summed E-state index contributed by atoms with van der Waals surface area (Å²) in [5, 5.41) is 3.67. The van der Waals surface area contributed by atoms with E-state index in [-0.39, 0.29) is 5.38 Å². The highest BCUT2D eigenvalue weighted by Gasteiger charge is 2.07. The highest BCUT2D eigenvalue weighted by molar-refractivity contribution is 6.20. The molecule has 1 unspecified atom stereocenters. The molecule has 0 saturated heterocycles. The van der Waals surface area contributed by atoms with Crippen LogP contribution in [0.25, 0.3) is 0 Å². The van der Waals surface area contributed by atoms with E-state index in [2.05, 4.69) is 33.0 Å². The molecule has 0 radical (unpaired) electrons. The first kappa shape index (κ1) is 13.2. The summed E-state index contributed by atoms with van der Waals surface area (Å²) in [6, 6.07) is 0. The van der Waals surface area contributed by atoms with Crippen molar-refractivity contribution in [3.05, 3.63) is 0 Å². The van der Waals surface area contributed by atoms with E-state index in [1.54, 1.807) is 0 Å². The maximum Gasteiger partial charge on any atom is 0.0483 e. The molecule has 2 heteroatoms. The van der Waals surface area contributed by atoms with Crippen LogP contribution >= 0.6 is 11.6 Å². The molecule has 1 nitrogen and oxygen atoms in total. The van der Waals surface area contributed by atoms with Crippen LogP contribution in [0.2, 0.25) is 0 Å². The van der Waals surface area contributed by atoms with Crippen molar-refractivity contribution in [2.75, 3.05) is 13.1 Å². The number of alkyl halides is 1. The van der Waals surface area contributed by atoms with Crippen LogP contribution in [-0.4, -0.2) is 18.5 Å². The van der Waals surface area contributed by atoms with Crippen LogP contribution in [-0.2, 0) is 0 Å². The summed E-state index contributed by atoms with van der Waals surface area (Å²) in [6.07, 6.45) is 2.57. The van der Waals surface area contributed by atoms with E-state index in [0.29, 0.717) is 5.92 Å². The first-order valence-corrected chi connectivity index (χ1v) is 5.82. The Bertz CT molecular complexity index is 113. The van der Waals surface area contributed by atoms with Crippen LogP contribution in [0.15, 0.2) is 0 Å². The molecule has 0 fully saturated rings. The van der Waals surface area contributed by atoms with Gasteiger partial charge in [-0.25, -0.2) is 0 Å². The van der Waals surface area contributed by atoms with Crippen molar-refractivity contribution >= 4 is 11.6 Å². The molecule has 0 spiro atoms. The van der Waals surface area contributed by atoms with Gasteiger partial charge in [0.05, 0.1) is 0 Å². The maximum atomic E-state index is 6.09. The van der Waals surface area contributed by atoms with Crippen LogP contribution in [0.3, 0.4) is 0 Å². The molecular weight excluding hydrogens is 182 g/mol. The summed E-state index contributed by atoms with van der Waals surface area (Å²) in [5.74, 6) is 1.39. The molecule has 0 rings (SSSR count). The molecule has 0 aromatic carbocycles. The monoisotopic (exact) mass is 205 g/mol. The Kier molecular flexibility index (Phi) is 7.78. The summed E-state index contributed by atoms with van der Waals surface area (Å²) < 4.78 is 0. The first-order valence-electron chi connectivity index (χ1n) is 5.38. The average Bonchev–Trinajstić information content (AvgIpc) is 2.02. The smallest absolute Gasteiger partial charge is 0.0483 e. The van der Waals surface area contributed by atoms with Crippen molar-refractivity contribution < 1.29 is 0 Å². The first-order chi connectivity index (χ1) is 6.04.